The molecule has 0 radical (unpaired) electrons. The van der Waals surface area contributed by atoms with Crippen LogP contribution in [0.15, 0.2) is 36.4 Å². The predicted octanol–water partition coefficient (Wildman–Crippen LogP) is 5.62. The number of nitrogens with one attached hydrogen (secondary N) is 1. The third-order valence-corrected chi connectivity index (χ3v) is 4.18. The molecular formula is C19H21ClF3NO2. The summed E-state index contributed by atoms with van der Waals surface area (Å²) in [5.41, 5.74) is 0.743. The predicted molar refractivity (Wildman–Crippen MR) is 95.9 cm³/mol. The molecule has 0 fully saturated rings. The molecule has 0 heterocycles. The zero-order valence-corrected chi connectivity index (χ0v) is 15.5. The van der Waals surface area contributed by atoms with E-state index in [9.17, 15) is 13.2 Å². The average molecular weight is 388 g/mol. The number of alkyl halides is 3. The molecule has 2 rings (SSSR count). The Labute approximate surface area is 156 Å². The molecule has 142 valence electrons. The van der Waals surface area contributed by atoms with Crippen molar-refractivity contribution in [2.45, 2.75) is 32.6 Å². The van der Waals surface area contributed by atoms with E-state index < -0.39 is 11.7 Å². The molecule has 1 atom stereocenters. The Morgan fingerprint density at radius 2 is 1.92 bits per heavy atom. The van der Waals surface area contributed by atoms with Crippen molar-refractivity contribution in [2.24, 2.45) is 0 Å². The number of halogens is 4. The van der Waals surface area contributed by atoms with E-state index in [2.05, 4.69) is 5.32 Å². The van der Waals surface area contributed by atoms with Gasteiger partial charge in [-0.15, -0.1) is 0 Å². The molecule has 0 spiro atoms. The minimum Gasteiger partial charge on any atom is -0.493 e. The third-order valence-electron chi connectivity index (χ3n) is 3.90. The second kappa shape index (κ2) is 8.64. The van der Waals surface area contributed by atoms with Gasteiger partial charge in [0, 0.05) is 12.6 Å². The van der Waals surface area contributed by atoms with Gasteiger partial charge in [-0.3, -0.25) is 0 Å². The first-order valence-corrected chi connectivity index (χ1v) is 8.53. The van der Waals surface area contributed by atoms with E-state index in [0.29, 0.717) is 35.2 Å². The Kier molecular flexibility index (Phi) is 6.78. The van der Waals surface area contributed by atoms with Crippen molar-refractivity contribution in [2.75, 3.05) is 13.7 Å². The van der Waals surface area contributed by atoms with E-state index in [1.165, 1.54) is 13.2 Å². The molecule has 2 aromatic carbocycles. The fourth-order valence-electron chi connectivity index (χ4n) is 2.53. The van der Waals surface area contributed by atoms with Gasteiger partial charge in [-0.25, -0.2) is 0 Å². The minimum atomic E-state index is -4.36. The first kappa shape index (κ1) is 20.4. The molecule has 0 bridgehead atoms. The molecule has 1 unspecified atom stereocenters. The molecule has 7 heteroatoms. The van der Waals surface area contributed by atoms with Gasteiger partial charge in [0.1, 0.15) is 0 Å². The van der Waals surface area contributed by atoms with Crippen molar-refractivity contribution >= 4 is 11.6 Å². The Hall–Kier alpha value is -1.92. The number of hydrogen-bond donors (Lipinski definition) is 1. The maximum absolute atomic E-state index is 12.8. The maximum Gasteiger partial charge on any atom is 0.416 e. The van der Waals surface area contributed by atoms with Crippen LogP contribution in [0.1, 0.15) is 36.6 Å². The summed E-state index contributed by atoms with van der Waals surface area (Å²) < 4.78 is 49.3. The van der Waals surface area contributed by atoms with Crippen LogP contribution in [0.25, 0.3) is 0 Å². The molecule has 0 aliphatic rings. The van der Waals surface area contributed by atoms with Crippen LogP contribution in [0.5, 0.6) is 11.5 Å². The standard InChI is InChI=1S/C19H21ClF3NO2/c1-4-26-18-16(20)8-13(9-17(18)25-3)11-24-12(2)14-6-5-7-15(10-14)19(21,22)23/h5-10,12,24H,4,11H2,1-3H3. The SMILES string of the molecule is CCOc1c(Cl)cc(CNC(C)c2cccc(C(F)(F)F)c2)cc1OC. The molecule has 0 aliphatic carbocycles. The van der Waals surface area contributed by atoms with E-state index in [4.69, 9.17) is 21.1 Å². The van der Waals surface area contributed by atoms with Crippen molar-refractivity contribution in [3.05, 3.63) is 58.1 Å². The Bertz CT molecular complexity index is 750. The van der Waals surface area contributed by atoms with Crippen LogP contribution in [0.4, 0.5) is 13.2 Å². The zero-order valence-electron chi connectivity index (χ0n) is 14.8. The second-order valence-electron chi connectivity index (χ2n) is 5.77. The highest BCUT2D eigenvalue weighted by Crippen LogP contribution is 2.36. The van der Waals surface area contributed by atoms with Crippen molar-refractivity contribution in [3.8, 4) is 11.5 Å². The summed E-state index contributed by atoms with van der Waals surface area (Å²) >= 11 is 6.24. The Morgan fingerprint density at radius 1 is 1.19 bits per heavy atom. The summed E-state index contributed by atoms with van der Waals surface area (Å²) in [6, 6.07) is 8.57. The lowest BCUT2D eigenvalue weighted by atomic mass is 10.0. The van der Waals surface area contributed by atoms with E-state index >= 15 is 0 Å². The van der Waals surface area contributed by atoms with Crippen LogP contribution in [0.3, 0.4) is 0 Å². The average Bonchev–Trinajstić information content (AvgIpc) is 2.61. The lowest BCUT2D eigenvalue weighted by Gasteiger charge is -2.18. The van der Waals surface area contributed by atoms with Gasteiger partial charge in [0.25, 0.3) is 0 Å². The van der Waals surface area contributed by atoms with E-state index in [1.807, 2.05) is 13.8 Å². The van der Waals surface area contributed by atoms with Crippen LogP contribution >= 0.6 is 11.6 Å². The Balaban J connectivity index is 2.12. The van der Waals surface area contributed by atoms with E-state index in [0.717, 1.165) is 17.7 Å². The summed E-state index contributed by atoms with van der Waals surface area (Å²) in [6.07, 6.45) is -4.36. The molecule has 0 aromatic heterocycles. The van der Waals surface area contributed by atoms with Gasteiger partial charge < -0.3 is 14.8 Å². The second-order valence-corrected chi connectivity index (χ2v) is 6.18. The third kappa shape index (κ3) is 5.05. The van der Waals surface area contributed by atoms with Crippen LogP contribution < -0.4 is 14.8 Å². The van der Waals surface area contributed by atoms with Crippen LogP contribution in [0, 0.1) is 0 Å². The van der Waals surface area contributed by atoms with Gasteiger partial charge in [-0.2, -0.15) is 13.2 Å². The normalized spacial score (nSPS) is 12.7. The number of benzene rings is 2. The van der Waals surface area contributed by atoms with Crippen molar-refractivity contribution in [1.82, 2.24) is 5.32 Å². The monoisotopic (exact) mass is 387 g/mol. The fraction of sp³-hybridized carbons (Fsp3) is 0.368. The summed E-state index contributed by atoms with van der Waals surface area (Å²) in [4.78, 5) is 0. The molecule has 3 nitrogen and oxygen atoms in total. The highest BCUT2D eigenvalue weighted by Gasteiger charge is 2.30. The van der Waals surface area contributed by atoms with E-state index in [-0.39, 0.29) is 6.04 Å². The minimum absolute atomic E-state index is 0.270. The highest BCUT2D eigenvalue weighted by molar-refractivity contribution is 6.32. The highest BCUT2D eigenvalue weighted by atomic mass is 35.5. The number of hydrogen-bond acceptors (Lipinski definition) is 3. The van der Waals surface area contributed by atoms with Gasteiger partial charge in [0.05, 0.1) is 24.3 Å². The van der Waals surface area contributed by atoms with Crippen molar-refractivity contribution in [1.29, 1.82) is 0 Å². The fourth-order valence-corrected chi connectivity index (χ4v) is 2.82. The topological polar surface area (TPSA) is 30.5 Å². The van der Waals surface area contributed by atoms with Crippen LogP contribution in [0.2, 0.25) is 5.02 Å². The molecular weight excluding hydrogens is 367 g/mol. The molecule has 1 N–H and O–H groups in total. The van der Waals surface area contributed by atoms with Gasteiger partial charge in [-0.05, 0) is 49.2 Å². The zero-order chi connectivity index (χ0) is 19.3. The maximum atomic E-state index is 12.8. The molecule has 26 heavy (non-hydrogen) atoms. The molecule has 0 saturated heterocycles. The summed E-state index contributed by atoms with van der Waals surface area (Å²) in [5, 5.41) is 3.63. The van der Waals surface area contributed by atoms with Crippen LogP contribution in [-0.4, -0.2) is 13.7 Å². The number of rotatable bonds is 7. The summed E-state index contributed by atoms with van der Waals surface area (Å²) in [5.74, 6) is 0.995. The summed E-state index contributed by atoms with van der Waals surface area (Å²) in [7, 11) is 1.52. The lowest BCUT2D eigenvalue weighted by molar-refractivity contribution is -0.137. The number of ether oxygens (including phenoxy) is 2. The molecule has 2 aromatic rings. The lowest BCUT2D eigenvalue weighted by Crippen LogP contribution is -2.19. The van der Waals surface area contributed by atoms with Gasteiger partial charge in [0.15, 0.2) is 11.5 Å². The van der Waals surface area contributed by atoms with Gasteiger partial charge in [-0.1, -0.05) is 23.7 Å². The first-order chi connectivity index (χ1) is 12.3. The molecule has 0 amide bonds. The first-order valence-electron chi connectivity index (χ1n) is 8.16. The quantitative estimate of drug-likeness (QED) is 0.669. The largest absolute Gasteiger partial charge is 0.493 e. The van der Waals surface area contributed by atoms with Crippen molar-refractivity contribution in [3.63, 3.8) is 0 Å². The van der Waals surface area contributed by atoms with Crippen LogP contribution in [-0.2, 0) is 12.7 Å². The number of methoxy groups -OCH3 is 1. The molecule has 0 saturated carbocycles. The van der Waals surface area contributed by atoms with Gasteiger partial charge in [0.2, 0.25) is 0 Å². The van der Waals surface area contributed by atoms with E-state index in [1.54, 1.807) is 18.2 Å². The van der Waals surface area contributed by atoms with Gasteiger partial charge >= 0.3 is 6.18 Å². The smallest absolute Gasteiger partial charge is 0.416 e. The Morgan fingerprint density at radius 3 is 2.54 bits per heavy atom. The van der Waals surface area contributed by atoms with Crippen molar-refractivity contribution < 1.29 is 22.6 Å². The summed E-state index contributed by atoms with van der Waals surface area (Å²) in [6.45, 7) is 4.53. The molecule has 0 aliphatic heterocycles.